The highest BCUT2D eigenvalue weighted by Gasteiger charge is 2.30. The zero-order valence-electron chi connectivity index (χ0n) is 16.6. The summed E-state index contributed by atoms with van der Waals surface area (Å²) in [6, 6.07) is 7.28. The molecule has 1 amide bonds. The minimum absolute atomic E-state index is 0.142. The van der Waals surface area contributed by atoms with Crippen LogP contribution in [0.2, 0.25) is 0 Å². The topological polar surface area (TPSA) is 46.5 Å². The third-order valence-electron chi connectivity index (χ3n) is 4.74. The number of nitrogens with one attached hydrogen (secondary N) is 1. The van der Waals surface area contributed by atoms with Crippen LogP contribution < -0.4 is 5.32 Å². The molecule has 0 spiro atoms. The Labute approximate surface area is 181 Å². The van der Waals surface area contributed by atoms with Crippen molar-refractivity contribution in [1.82, 2.24) is 9.47 Å². The van der Waals surface area contributed by atoms with E-state index in [2.05, 4.69) is 5.32 Å². The summed E-state index contributed by atoms with van der Waals surface area (Å²) in [7, 11) is 0. The maximum Gasteiger partial charge on any atom is 0.410 e. The average molecular weight is 523 g/mol. The summed E-state index contributed by atoms with van der Waals surface area (Å²) < 4.78 is 46.0. The number of anilines is 1. The molecule has 0 aliphatic carbocycles. The van der Waals surface area contributed by atoms with Gasteiger partial charge in [0.15, 0.2) is 0 Å². The van der Waals surface area contributed by atoms with E-state index in [0.29, 0.717) is 22.3 Å². The van der Waals surface area contributed by atoms with E-state index in [1.807, 2.05) is 49.4 Å². The van der Waals surface area contributed by atoms with Crippen LogP contribution in [0, 0.1) is 3.70 Å². The van der Waals surface area contributed by atoms with Gasteiger partial charge in [-0.3, -0.25) is 0 Å². The van der Waals surface area contributed by atoms with Gasteiger partial charge in [-0.15, -0.1) is 0 Å². The Morgan fingerprint density at radius 3 is 2.48 bits per heavy atom. The van der Waals surface area contributed by atoms with Crippen molar-refractivity contribution in [1.29, 1.82) is 0 Å². The average Bonchev–Trinajstić information content (AvgIpc) is 2.89. The van der Waals surface area contributed by atoms with E-state index in [4.69, 9.17) is 4.74 Å². The number of hydrogen-bond acceptors (Lipinski definition) is 3. The number of halogens is 4. The molecule has 1 aromatic heterocycles. The number of rotatable bonds is 3. The van der Waals surface area contributed by atoms with Gasteiger partial charge in [0.1, 0.15) is 12.1 Å². The van der Waals surface area contributed by atoms with E-state index in [1.165, 1.54) is 4.57 Å². The van der Waals surface area contributed by atoms with Gasteiger partial charge < -0.3 is 19.5 Å². The molecule has 0 bridgehead atoms. The zero-order chi connectivity index (χ0) is 21.4. The van der Waals surface area contributed by atoms with Crippen LogP contribution in [-0.2, 0) is 11.3 Å². The number of likely N-dealkylation sites (tertiary alicyclic amines) is 1. The third-order valence-corrected chi connectivity index (χ3v) is 5.63. The predicted octanol–water partition coefficient (Wildman–Crippen LogP) is 5.62. The lowest BCUT2D eigenvalue weighted by atomic mass is 10.0. The van der Waals surface area contributed by atoms with Crippen LogP contribution >= 0.6 is 22.6 Å². The van der Waals surface area contributed by atoms with Crippen LogP contribution in [0.25, 0.3) is 10.9 Å². The second kappa shape index (κ2) is 8.23. The number of ether oxygens (including phenoxy) is 1. The molecule has 5 nitrogen and oxygen atoms in total. The molecule has 1 N–H and O–H groups in total. The number of aromatic nitrogens is 1. The first-order valence-corrected chi connectivity index (χ1v) is 10.6. The second-order valence-electron chi connectivity index (χ2n) is 8.29. The summed E-state index contributed by atoms with van der Waals surface area (Å²) >= 11 is 1.94. The van der Waals surface area contributed by atoms with Gasteiger partial charge in [-0.05, 0) is 74.4 Å². The summed E-state index contributed by atoms with van der Waals surface area (Å²) in [5.41, 5.74) is 0.850. The Bertz CT molecular complexity index is 881. The number of carbonyl (C=O) groups excluding carboxylic acids is 1. The highest BCUT2D eigenvalue weighted by atomic mass is 127. The van der Waals surface area contributed by atoms with E-state index in [1.54, 1.807) is 23.1 Å². The fourth-order valence-electron chi connectivity index (χ4n) is 3.47. The van der Waals surface area contributed by atoms with Crippen LogP contribution in [-0.4, -0.2) is 46.5 Å². The highest BCUT2D eigenvalue weighted by molar-refractivity contribution is 14.1. The number of fused-ring (bicyclic) bond motifs is 1. The van der Waals surface area contributed by atoms with E-state index < -0.39 is 18.3 Å². The number of nitrogens with zero attached hydrogens (tertiary/aromatic N) is 2. The smallest absolute Gasteiger partial charge is 0.410 e. The van der Waals surface area contributed by atoms with Gasteiger partial charge >= 0.3 is 12.3 Å². The molecule has 1 fully saturated rings. The zero-order valence-corrected chi connectivity index (χ0v) is 18.8. The summed E-state index contributed by atoms with van der Waals surface area (Å²) in [5, 5.41) is 4.23. The SMILES string of the molecule is CC(C)(C)OC(=O)N1CCC(Nc2cccc3c2cc(I)n3CC(F)(F)F)CC1. The molecule has 29 heavy (non-hydrogen) atoms. The van der Waals surface area contributed by atoms with Gasteiger partial charge in [0.05, 0.1) is 9.22 Å². The number of benzene rings is 1. The van der Waals surface area contributed by atoms with E-state index in [0.717, 1.165) is 23.9 Å². The fraction of sp³-hybridized carbons (Fsp3) is 0.550. The number of alkyl halides is 3. The minimum atomic E-state index is -4.27. The standard InChI is InChI=1S/C20H25F3IN3O2/c1-19(2,3)29-18(28)26-9-7-13(8-10-26)25-15-5-4-6-16-14(15)11-17(24)27(16)12-20(21,22)23/h4-6,11,13,25H,7-10,12H2,1-3H3. The Kier molecular flexibility index (Phi) is 6.26. The van der Waals surface area contributed by atoms with Crippen LogP contribution in [0.5, 0.6) is 0 Å². The molecular formula is C20H25F3IN3O2. The summed E-state index contributed by atoms with van der Waals surface area (Å²) in [5.74, 6) is 0. The number of amides is 1. The van der Waals surface area contributed by atoms with E-state index in [9.17, 15) is 18.0 Å². The van der Waals surface area contributed by atoms with Crippen molar-refractivity contribution in [2.24, 2.45) is 0 Å². The van der Waals surface area contributed by atoms with Gasteiger partial charge in [0.25, 0.3) is 0 Å². The molecule has 1 saturated heterocycles. The summed E-state index contributed by atoms with van der Waals surface area (Å²) in [6.45, 7) is 5.67. The van der Waals surface area contributed by atoms with Crippen molar-refractivity contribution < 1.29 is 22.7 Å². The molecule has 160 valence electrons. The minimum Gasteiger partial charge on any atom is -0.444 e. The summed E-state index contributed by atoms with van der Waals surface area (Å²) in [4.78, 5) is 13.9. The molecule has 0 atom stereocenters. The van der Waals surface area contributed by atoms with Crippen LogP contribution in [0.3, 0.4) is 0 Å². The van der Waals surface area contributed by atoms with Crippen LogP contribution in [0.15, 0.2) is 24.3 Å². The molecule has 0 unspecified atom stereocenters. The van der Waals surface area contributed by atoms with Gasteiger partial charge in [-0.2, -0.15) is 13.2 Å². The van der Waals surface area contributed by atoms with Gasteiger partial charge in [0, 0.05) is 30.2 Å². The lowest BCUT2D eigenvalue weighted by Crippen LogP contribution is -2.44. The molecule has 1 aliphatic rings. The molecule has 2 heterocycles. The number of hydrogen-bond donors (Lipinski definition) is 1. The molecular weight excluding hydrogens is 498 g/mol. The molecule has 2 aromatic rings. The lowest BCUT2D eigenvalue weighted by Gasteiger charge is -2.34. The fourth-order valence-corrected chi connectivity index (χ4v) is 4.21. The van der Waals surface area contributed by atoms with Crippen molar-refractivity contribution >= 4 is 45.3 Å². The Morgan fingerprint density at radius 1 is 1.24 bits per heavy atom. The predicted molar refractivity (Wildman–Crippen MR) is 115 cm³/mol. The number of carbonyl (C=O) groups is 1. The highest BCUT2D eigenvalue weighted by Crippen LogP contribution is 2.32. The first kappa shape index (κ1) is 22.0. The van der Waals surface area contributed by atoms with Gasteiger partial charge in [-0.25, -0.2) is 4.79 Å². The molecule has 3 rings (SSSR count). The third kappa shape index (κ3) is 5.70. The quantitative estimate of drug-likeness (QED) is 0.532. The maximum atomic E-state index is 12.9. The van der Waals surface area contributed by atoms with Crippen LogP contribution in [0.4, 0.5) is 23.7 Å². The van der Waals surface area contributed by atoms with Gasteiger partial charge in [-0.1, -0.05) is 6.07 Å². The summed E-state index contributed by atoms with van der Waals surface area (Å²) in [6.07, 6.45) is -3.09. The Balaban J connectivity index is 1.69. The molecule has 1 aliphatic heterocycles. The van der Waals surface area contributed by atoms with Crippen molar-refractivity contribution in [3.8, 4) is 0 Å². The van der Waals surface area contributed by atoms with E-state index >= 15 is 0 Å². The number of piperidine rings is 1. The first-order chi connectivity index (χ1) is 13.4. The van der Waals surface area contributed by atoms with Crippen molar-refractivity contribution in [3.05, 3.63) is 28.0 Å². The monoisotopic (exact) mass is 523 g/mol. The van der Waals surface area contributed by atoms with Crippen LogP contribution in [0.1, 0.15) is 33.6 Å². The molecule has 0 radical (unpaired) electrons. The molecule has 1 aromatic carbocycles. The molecule has 0 saturated carbocycles. The largest absolute Gasteiger partial charge is 0.444 e. The van der Waals surface area contributed by atoms with Crippen molar-refractivity contribution in [3.63, 3.8) is 0 Å². The Hall–Kier alpha value is -1.65. The molecule has 9 heteroatoms. The second-order valence-corrected chi connectivity index (χ2v) is 9.40. The van der Waals surface area contributed by atoms with Crippen molar-refractivity contribution in [2.75, 3.05) is 18.4 Å². The van der Waals surface area contributed by atoms with E-state index in [-0.39, 0.29) is 12.1 Å². The lowest BCUT2D eigenvalue weighted by molar-refractivity contribution is -0.140. The first-order valence-electron chi connectivity index (χ1n) is 9.52. The Morgan fingerprint density at radius 2 is 1.90 bits per heavy atom. The normalized spacial score (nSPS) is 16.3. The maximum absolute atomic E-state index is 12.9. The van der Waals surface area contributed by atoms with Crippen molar-refractivity contribution in [2.45, 2.75) is 58.0 Å². The van der Waals surface area contributed by atoms with Gasteiger partial charge in [0.2, 0.25) is 0 Å².